The Morgan fingerprint density at radius 1 is 1.18 bits per heavy atom. The molecule has 0 aliphatic rings. The normalized spacial score (nSPS) is 8.36. The van der Waals surface area contributed by atoms with Crippen molar-refractivity contribution in [1.82, 2.24) is 5.32 Å². The molecule has 0 radical (unpaired) electrons. The molecule has 0 aliphatic heterocycles. The van der Waals surface area contributed by atoms with Crippen molar-refractivity contribution in [2.75, 3.05) is 0 Å². The van der Waals surface area contributed by atoms with E-state index in [4.69, 9.17) is 22.9 Å². The highest BCUT2D eigenvalue weighted by atomic mass is 16.2. The zero-order valence-electron chi connectivity index (χ0n) is 5.92. The maximum Gasteiger partial charge on any atom is 0.276 e. The summed E-state index contributed by atoms with van der Waals surface area (Å²) in [6.45, 7) is 3.22. The third-order valence-electron chi connectivity index (χ3n) is 0.830. The van der Waals surface area contributed by atoms with E-state index >= 15 is 0 Å². The molecule has 0 saturated carbocycles. The Labute approximate surface area is 63.9 Å². The van der Waals surface area contributed by atoms with Gasteiger partial charge in [0.15, 0.2) is 0 Å². The van der Waals surface area contributed by atoms with Crippen molar-refractivity contribution in [3.05, 3.63) is 23.9 Å². The van der Waals surface area contributed by atoms with Gasteiger partial charge >= 0.3 is 0 Å². The first-order chi connectivity index (χ1) is 4.95. The van der Waals surface area contributed by atoms with Gasteiger partial charge in [-0.1, -0.05) is 6.58 Å². The number of hydrogen-bond acceptors (Lipinski definition) is 5. The quantitative estimate of drug-likeness (QED) is 0.284. The van der Waals surface area contributed by atoms with Crippen molar-refractivity contribution in [2.24, 2.45) is 22.9 Å². The predicted molar refractivity (Wildman–Crippen MR) is 41.1 cm³/mol. The number of nitrogens with two attached hydrogens (primary N) is 4. The van der Waals surface area contributed by atoms with Crippen LogP contribution in [-0.2, 0) is 4.79 Å². The Bertz CT molecular complexity index is 215. The summed E-state index contributed by atoms with van der Waals surface area (Å²) in [5.41, 5.74) is 19.9. The number of nitrogens with one attached hydrogen (secondary N) is 1. The molecule has 0 aromatic carbocycles. The molecule has 0 aliphatic carbocycles. The van der Waals surface area contributed by atoms with Crippen LogP contribution < -0.4 is 28.3 Å². The van der Waals surface area contributed by atoms with Crippen LogP contribution in [-0.4, -0.2) is 5.91 Å². The van der Waals surface area contributed by atoms with E-state index in [1.54, 1.807) is 0 Å². The van der Waals surface area contributed by atoms with Crippen LogP contribution in [0.4, 0.5) is 0 Å². The maximum absolute atomic E-state index is 10.8. The first-order valence-corrected chi connectivity index (χ1v) is 2.71. The summed E-state index contributed by atoms with van der Waals surface area (Å²) >= 11 is 0. The monoisotopic (exact) mass is 157 g/mol. The van der Waals surface area contributed by atoms with Gasteiger partial charge in [-0.25, -0.2) is 0 Å². The number of hydrogen-bond donors (Lipinski definition) is 5. The molecule has 6 nitrogen and oxygen atoms in total. The molecule has 0 saturated heterocycles. The Balaban J connectivity index is 4.28. The van der Waals surface area contributed by atoms with E-state index in [-0.39, 0.29) is 17.3 Å². The predicted octanol–water partition coefficient (Wildman–Crippen LogP) is -2.42. The minimum atomic E-state index is -0.655. The fraction of sp³-hybridized carbons (Fsp3) is 0. The summed E-state index contributed by atoms with van der Waals surface area (Å²) in [4.78, 5) is 10.8. The lowest BCUT2D eigenvalue weighted by Crippen LogP contribution is -2.34. The average molecular weight is 157 g/mol. The van der Waals surface area contributed by atoms with Crippen LogP contribution in [0.15, 0.2) is 23.9 Å². The highest BCUT2D eigenvalue weighted by Gasteiger charge is 2.06. The van der Waals surface area contributed by atoms with Crippen molar-refractivity contribution >= 4 is 5.91 Å². The van der Waals surface area contributed by atoms with Gasteiger partial charge in [0.1, 0.15) is 11.5 Å². The second-order valence-electron chi connectivity index (χ2n) is 1.85. The van der Waals surface area contributed by atoms with Gasteiger partial charge in [-0.3, -0.25) is 4.79 Å². The van der Waals surface area contributed by atoms with Gasteiger partial charge in [-0.15, -0.1) is 0 Å². The number of rotatable bonds is 2. The summed E-state index contributed by atoms with van der Waals surface area (Å²) in [5.74, 6) is -0.916. The van der Waals surface area contributed by atoms with E-state index in [9.17, 15) is 4.79 Å². The topological polar surface area (TPSA) is 133 Å². The van der Waals surface area contributed by atoms with Crippen LogP contribution in [0.3, 0.4) is 0 Å². The standard InChI is InChI=1S/C5H11N5O/c1-2(6)10-5(11)3(7)4(8)9/h1,6-9H2,(H,10,11). The van der Waals surface area contributed by atoms with Crippen molar-refractivity contribution in [3.63, 3.8) is 0 Å². The largest absolute Gasteiger partial charge is 0.391 e. The molecule has 9 N–H and O–H groups in total. The Morgan fingerprint density at radius 3 is 1.91 bits per heavy atom. The molecular formula is C5H11N5O. The van der Waals surface area contributed by atoms with Crippen LogP contribution in [0, 0.1) is 0 Å². The van der Waals surface area contributed by atoms with E-state index in [1.165, 1.54) is 0 Å². The van der Waals surface area contributed by atoms with Crippen LogP contribution in [0.1, 0.15) is 0 Å². The molecule has 0 fully saturated rings. The second kappa shape index (κ2) is 3.35. The van der Waals surface area contributed by atoms with Crippen molar-refractivity contribution in [1.29, 1.82) is 0 Å². The number of carbonyl (C=O) groups excluding carboxylic acids is 1. The highest BCUT2D eigenvalue weighted by molar-refractivity contribution is 5.93. The Kier molecular flexibility index (Phi) is 2.79. The molecular weight excluding hydrogens is 146 g/mol. The van der Waals surface area contributed by atoms with Crippen molar-refractivity contribution < 1.29 is 4.79 Å². The van der Waals surface area contributed by atoms with Gasteiger partial charge in [-0.2, -0.15) is 0 Å². The Morgan fingerprint density at radius 2 is 1.64 bits per heavy atom. The van der Waals surface area contributed by atoms with Crippen LogP contribution >= 0.6 is 0 Å². The molecule has 1 amide bonds. The highest BCUT2D eigenvalue weighted by Crippen LogP contribution is 1.84. The van der Waals surface area contributed by atoms with E-state index in [1.807, 2.05) is 0 Å². The van der Waals surface area contributed by atoms with E-state index in [0.29, 0.717) is 0 Å². The van der Waals surface area contributed by atoms with Gasteiger partial charge in [0.25, 0.3) is 5.91 Å². The summed E-state index contributed by atoms with van der Waals surface area (Å²) < 4.78 is 0. The molecule has 0 heterocycles. The summed E-state index contributed by atoms with van der Waals surface area (Å²) in [7, 11) is 0. The van der Waals surface area contributed by atoms with Gasteiger partial charge in [-0.05, 0) is 0 Å². The molecule has 11 heavy (non-hydrogen) atoms. The van der Waals surface area contributed by atoms with Crippen molar-refractivity contribution in [2.45, 2.75) is 0 Å². The van der Waals surface area contributed by atoms with Gasteiger partial charge < -0.3 is 28.3 Å². The fourth-order valence-electron chi connectivity index (χ4n) is 0.344. The SMILES string of the molecule is C=C(N)NC(=O)C(N)=C(N)N. The molecule has 0 unspecified atom stereocenters. The zero-order valence-corrected chi connectivity index (χ0v) is 5.92. The van der Waals surface area contributed by atoms with E-state index < -0.39 is 5.91 Å². The van der Waals surface area contributed by atoms with E-state index in [0.717, 1.165) is 0 Å². The molecule has 0 atom stereocenters. The summed E-state index contributed by atoms with van der Waals surface area (Å²) in [5, 5.41) is 2.13. The Hall–Kier alpha value is -1.85. The fourth-order valence-corrected chi connectivity index (χ4v) is 0.344. The number of carbonyl (C=O) groups is 1. The van der Waals surface area contributed by atoms with Crippen LogP contribution in [0.25, 0.3) is 0 Å². The number of amides is 1. The lowest BCUT2D eigenvalue weighted by Gasteiger charge is -2.03. The molecule has 0 aromatic heterocycles. The van der Waals surface area contributed by atoms with Crippen molar-refractivity contribution in [3.8, 4) is 0 Å². The molecule has 0 rings (SSSR count). The summed E-state index contributed by atoms with van der Waals surface area (Å²) in [6, 6.07) is 0. The van der Waals surface area contributed by atoms with Gasteiger partial charge in [0.05, 0.1) is 5.82 Å². The minimum Gasteiger partial charge on any atom is -0.391 e. The zero-order chi connectivity index (χ0) is 9.02. The lowest BCUT2D eigenvalue weighted by molar-refractivity contribution is -0.116. The first-order valence-electron chi connectivity index (χ1n) is 2.71. The molecule has 6 heteroatoms. The molecule has 0 aromatic rings. The second-order valence-corrected chi connectivity index (χ2v) is 1.85. The summed E-state index contributed by atoms with van der Waals surface area (Å²) in [6.07, 6.45) is 0. The van der Waals surface area contributed by atoms with Gasteiger partial charge in [0, 0.05) is 0 Å². The first kappa shape index (κ1) is 9.15. The third-order valence-corrected chi connectivity index (χ3v) is 0.830. The lowest BCUT2D eigenvalue weighted by atomic mass is 10.4. The average Bonchev–Trinajstić information content (AvgIpc) is 1.84. The molecule has 0 spiro atoms. The third kappa shape index (κ3) is 2.99. The minimum absolute atomic E-state index is 0.0146. The maximum atomic E-state index is 10.8. The van der Waals surface area contributed by atoms with Crippen LogP contribution in [0.2, 0.25) is 0 Å². The van der Waals surface area contributed by atoms with E-state index in [2.05, 4.69) is 11.9 Å². The molecule has 62 valence electrons. The van der Waals surface area contributed by atoms with Crippen LogP contribution in [0.5, 0.6) is 0 Å². The van der Waals surface area contributed by atoms with Gasteiger partial charge in [0.2, 0.25) is 0 Å². The smallest absolute Gasteiger partial charge is 0.276 e. The molecule has 0 bridgehead atoms.